The van der Waals surface area contributed by atoms with E-state index in [4.69, 9.17) is 9.47 Å². The zero-order valence-corrected chi connectivity index (χ0v) is 18.4. The number of carbonyl (C=O) groups is 2. The van der Waals surface area contributed by atoms with Crippen LogP contribution in [0.15, 0.2) is 18.2 Å². The maximum absolute atomic E-state index is 13.0. The summed E-state index contributed by atoms with van der Waals surface area (Å²) in [6.07, 6.45) is 3.85. The molecule has 0 bridgehead atoms. The van der Waals surface area contributed by atoms with Crippen LogP contribution in [-0.4, -0.2) is 24.6 Å². The number of hydrogen-bond acceptors (Lipinski definition) is 5. The van der Waals surface area contributed by atoms with Gasteiger partial charge in [0.15, 0.2) is 6.10 Å². The van der Waals surface area contributed by atoms with Crippen molar-refractivity contribution >= 4 is 28.2 Å². The highest BCUT2D eigenvalue weighted by Gasteiger charge is 2.29. The number of ether oxygens (including phenoxy) is 2. The van der Waals surface area contributed by atoms with Crippen LogP contribution in [0.2, 0.25) is 0 Å². The number of carbonyl (C=O) groups excluding carboxylic acids is 2. The minimum atomic E-state index is -0.635. The molecule has 29 heavy (non-hydrogen) atoms. The van der Waals surface area contributed by atoms with Crippen LogP contribution >= 0.6 is 11.3 Å². The second kappa shape index (κ2) is 9.44. The van der Waals surface area contributed by atoms with Crippen molar-refractivity contribution in [2.75, 3.05) is 11.9 Å². The lowest BCUT2D eigenvalue weighted by Crippen LogP contribution is -2.32. The Morgan fingerprint density at radius 1 is 1.17 bits per heavy atom. The molecule has 0 spiro atoms. The largest absolute Gasteiger partial charge is 0.480 e. The van der Waals surface area contributed by atoms with Gasteiger partial charge in [-0.3, -0.25) is 4.79 Å². The fraction of sp³-hybridized carbons (Fsp3) is 0.478. The summed E-state index contributed by atoms with van der Waals surface area (Å²) in [6.45, 7) is 7.98. The van der Waals surface area contributed by atoms with E-state index in [1.807, 2.05) is 39.0 Å². The van der Waals surface area contributed by atoms with Crippen molar-refractivity contribution in [3.8, 4) is 5.75 Å². The van der Waals surface area contributed by atoms with Crippen LogP contribution in [0.3, 0.4) is 0 Å². The van der Waals surface area contributed by atoms with E-state index in [-0.39, 0.29) is 11.9 Å². The number of amides is 1. The Labute approximate surface area is 176 Å². The van der Waals surface area contributed by atoms with Crippen LogP contribution in [0, 0.1) is 13.8 Å². The van der Waals surface area contributed by atoms with Gasteiger partial charge in [0.2, 0.25) is 0 Å². The van der Waals surface area contributed by atoms with Gasteiger partial charge in [-0.2, -0.15) is 0 Å². The lowest BCUT2D eigenvalue weighted by Gasteiger charge is -2.19. The molecule has 6 heteroatoms. The molecule has 1 aliphatic rings. The summed E-state index contributed by atoms with van der Waals surface area (Å²) in [6, 6.07) is 5.95. The first-order chi connectivity index (χ1) is 13.9. The Bertz CT molecular complexity index is 903. The number of rotatable bonds is 7. The number of hydrogen-bond donors (Lipinski definition) is 1. The topological polar surface area (TPSA) is 64.6 Å². The van der Waals surface area contributed by atoms with Crippen LogP contribution in [-0.2, 0) is 22.4 Å². The Morgan fingerprint density at radius 2 is 1.93 bits per heavy atom. The van der Waals surface area contributed by atoms with Crippen molar-refractivity contribution < 1.29 is 19.1 Å². The van der Waals surface area contributed by atoms with E-state index in [1.54, 1.807) is 6.92 Å². The molecule has 1 heterocycles. The summed E-state index contributed by atoms with van der Waals surface area (Å²) in [4.78, 5) is 26.8. The molecule has 1 atom stereocenters. The molecular weight excluding hydrogens is 386 g/mol. The molecule has 0 saturated carbocycles. The van der Waals surface area contributed by atoms with Crippen molar-refractivity contribution in [1.29, 1.82) is 0 Å². The third-order valence-corrected chi connectivity index (χ3v) is 6.37. The second-order valence-corrected chi connectivity index (χ2v) is 8.51. The third kappa shape index (κ3) is 4.81. The number of benzene rings is 1. The normalized spacial score (nSPS) is 14.1. The molecule has 1 N–H and O–H groups in total. The minimum absolute atomic E-state index is 0.238. The Morgan fingerprint density at radius 3 is 2.66 bits per heavy atom. The molecule has 0 radical (unpaired) electrons. The number of esters is 1. The van der Waals surface area contributed by atoms with E-state index in [9.17, 15) is 9.59 Å². The van der Waals surface area contributed by atoms with E-state index in [1.165, 1.54) is 16.2 Å². The molecule has 5 nitrogen and oxygen atoms in total. The minimum Gasteiger partial charge on any atom is -0.480 e. The summed E-state index contributed by atoms with van der Waals surface area (Å²) >= 11 is 1.50. The highest BCUT2D eigenvalue weighted by Crippen LogP contribution is 2.38. The molecule has 156 valence electrons. The van der Waals surface area contributed by atoms with Gasteiger partial charge in [-0.05, 0) is 75.6 Å². The summed E-state index contributed by atoms with van der Waals surface area (Å²) in [7, 11) is 0. The fourth-order valence-corrected chi connectivity index (χ4v) is 4.86. The lowest BCUT2D eigenvalue weighted by molar-refractivity contribution is -0.122. The molecule has 0 saturated heterocycles. The second-order valence-electron chi connectivity index (χ2n) is 7.41. The Hall–Kier alpha value is -2.34. The van der Waals surface area contributed by atoms with E-state index >= 15 is 0 Å². The molecule has 1 aromatic carbocycles. The standard InChI is InChI=1S/C23H29NO4S/c1-5-17(28-18-13-14(3)11-12-15(18)4)21(25)24-22-20(23(26)27-6-2)16-9-7-8-10-19(16)29-22/h11-13,17H,5-10H2,1-4H3,(H,24,25)/t17-/m1/s1. The van der Waals surface area contributed by atoms with E-state index in [0.29, 0.717) is 29.3 Å². The maximum atomic E-state index is 13.0. The van der Waals surface area contributed by atoms with Gasteiger partial charge in [0.25, 0.3) is 5.91 Å². The molecule has 0 fully saturated rings. The number of nitrogens with one attached hydrogen (secondary N) is 1. The highest BCUT2D eigenvalue weighted by atomic mass is 32.1. The molecule has 2 aromatic rings. The van der Waals surface area contributed by atoms with Crippen molar-refractivity contribution in [1.82, 2.24) is 0 Å². The third-order valence-electron chi connectivity index (χ3n) is 5.16. The average Bonchev–Trinajstić information content (AvgIpc) is 3.06. The number of thiophene rings is 1. The van der Waals surface area contributed by atoms with Gasteiger partial charge in [-0.1, -0.05) is 19.1 Å². The average molecular weight is 416 g/mol. The molecule has 1 amide bonds. The quantitative estimate of drug-likeness (QED) is 0.630. The number of aryl methyl sites for hydroxylation is 3. The summed E-state index contributed by atoms with van der Waals surface area (Å²) in [5.41, 5.74) is 3.64. The zero-order chi connectivity index (χ0) is 21.0. The van der Waals surface area contributed by atoms with Gasteiger partial charge in [-0.25, -0.2) is 4.79 Å². The monoisotopic (exact) mass is 415 g/mol. The predicted molar refractivity (Wildman–Crippen MR) is 116 cm³/mol. The van der Waals surface area contributed by atoms with Crippen molar-refractivity contribution in [3.63, 3.8) is 0 Å². The zero-order valence-electron chi connectivity index (χ0n) is 17.6. The molecule has 3 rings (SSSR count). The first-order valence-electron chi connectivity index (χ1n) is 10.3. The molecule has 0 aliphatic heterocycles. The van der Waals surface area contributed by atoms with Gasteiger partial charge in [-0.15, -0.1) is 11.3 Å². The van der Waals surface area contributed by atoms with Crippen LogP contribution in [0.1, 0.15) is 65.0 Å². The smallest absolute Gasteiger partial charge is 0.341 e. The molecule has 1 aliphatic carbocycles. The van der Waals surface area contributed by atoms with Crippen molar-refractivity contribution in [3.05, 3.63) is 45.3 Å². The molecular formula is C23H29NO4S. The van der Waals surface area contributed by atoms with Crippen molar-refractivity contribution in [2.24, 2.45) is 0 Å². The molecule has 0 unspecified atom stereocenters. The van der Waals surface area contributed by atoms with E-state index in [0.717, 1.165) is 42.4 Å². The van der Waals surface area contributed by atoms with Crippen molar-refractivity contribution in [2.45, 2.75) is 65.9 Å². The van der Waals surface area contributed by atoms with Gasteiger partial charge < -0.3 is 14.8 Å². The van der Waals surface area contributed by atoms with Crippen LogP contribution < -0.4 is 10.1 Å². The van der Waals surface area contributed by atoms with Gasteiger partial charge in [0, 0.05) is 4.88 Å². The van der Waals surface area contributed by atoms with Crippen LogP contribution in [0.25, 0.3) is 0 Å². The van der Waals surface area contributed by atoms with Gasteiger partial charge >= 0.3 is 5.97 Å². The molecule has 1 aromatic heterocycles. The summed E-state index contributed by atoms with van der Waals surface area (Å²) in [5.74, 6) is 0.117. The predicted octanol–water partition coefficient (Wildman–Crippen LogP) is 5.22. The van der Waals surface area contributed by atoms with Crippen LogP contribution in [0.5, 0.6) is 5.75 Å². The first kappa shape index (κ1) is 21.4. The summed E-state index contributed by atoms with van der Waals surface area (Å²) in [5, 5.41) is 3.55. The fourth-order valence-electron chi connectivity index (χ4n) is 3.58. The lowest BCUT2D eigenvalue weighted by atomic mass is 9.95. The first-order valence-corrected chi connectivity index (χ1v) is 11.1. The Balaban J connectivity index is 1.84. The SMILES string of the molecule is CCOC(=O)c1c(NC(=O)[C@@H](CC)Oc2cc(C)ccc2C)sc2c1CCCC2. The van der Waals surface area contributed by atoms with Gasteiger partial charge in [0.1, 0.15) is 10.8 Å². The van der Waals surface area contributed by atoms with Crippen LogP contribution in [0.4, 0.5) is 5.00 Å². The van der Waals surface area contributed by atoms with E-state index < -0.39 is 6.10 Å². The van der Waals surface area contributed by atoms with E-state index in [2.05, 4.69) is 5.32 Å². The Kier molecular flexibility index (Phi) is 6.96. The maximum Gasteiger partial charge on any atom is 0.341 e. The summed E-state index contributed by atoms with van der Waals surface area (Å²) < 4.78 is 11.3. The number of fused-ring (bicyclic) bond motifs is 1. The van der Waals surface area contributed by atoms with Gasteiger partial charge in [0.05, 0.1) is 12.2 Å². The number of anilines is 1. The highest BCUT2D eigenvalue weighted by molar-refractivity contribution is 7.17.